The number of nitrogens with zero attached hydrogens (tertiary/aromatic N) is 1. The van der Waals surface area contributed by atoms with Crippen molar-refractivity contribution in [3.05, 3.63) is 0 Å². The standard InChI is InChI=1S/C12H21F3N2/c13-12(14,15)6-1-2-7-16-10-5-9-17-8-3-4-11(10)17/h10-11,16H,1-9H2. The molecule has 0 amide bonds. The third-order valence-corrected chi connectivity index (χ3v) is 3.90. The lowest BCUT2D eigenvalue weighted by atomic mass is 10.1. The van der Waals surface area contributed by atoms with E-state index in [1.165, 1.54) is 19.4 Å². The summed E-state index contributed by atoms with van der Waals surface area (Å²) in [5, 5.41) is 3.43. The third kappa shape index (κ3) is 3.85. The van der Waals surface area contributed by atoms with Gasteiger partial charge >= 0.3 is 6.18 Å². The van der Waals surface area contributed by atoms with E-state index in [4.69, 9.17) is 0 Å². The minimum Gasteiger partial charge on any atom is -0.312 e. The van der Waals surface area contributed by atoms with Gasteiger partial charge in [0.1, 0.15) is 0 Å². The van der Waals surface area contributed by atoms with Gasteiger partial charge in [0, 0.05) is 25.0 Å². The first-order chi connectivity index (χ1) is 8.06. The first-order valence-electron chi connectivity index (χ1n) is 6.60. The summed E-state index contributed by atoms with van der Waals surface area (Å²) >= 11 is 0. The molecule has 100 valence electrons. The fraction of sp³-hybridized carbons (Fsp3) is 1.00. The van der Waals surface area contributed by atoms with Crippen molar-refractivity contribution < 1.29 is 13.2 Å². The van der Waals surface area contributed by atoms with Crippen molar-refractivity contribution in [1.82, 2.24) is 10.2 Å². The molecule has 0 saturated carbocycles. The van der Waals surface area contributed by atoms with Gasteiger partial charge in [-0.1, -0.05) is 0 Å². The Balaban J connectivity index is 1.57. The van der Waals surface area contributed by atoms with E-state index >= 15 is 0 Å². The molecule has 0 aliphatic carbocycles. The molecule has 5 heteroatoms. The van der Waals surface area contributed by atoms with Crippen molar-refractivity contribution in [2.24, 2.45) is 0 Å². The average molecular weight is 250 g/mol. The molecule has 0 bridgehead atoms. The summed E-state index contributed by atoms with van der Waals surface area (Å²) in [6.07, 6.45) is -0.0775. The molecule has 2 aliphatic rings. The van der Waals surface area contributed by atoms with Gasteiger partial charge in [-0.15, -0.1) is 0 Å². The second kappa shape index (κ2) is 5.57. The molecule has 0 aromatic carbocycles. The predicted molar refractivity (Wildman–Crippen MR) is 60.9 cm³/mol. The normalized spacial score (nSPS) is 29.8. The fourth-order valence-electron chi connectivity index (χ4n) is 3.06. The molecule has 0 radical (unpaired) electrons. The average Bonchev–Trinajstić information content (AvgIpc) is 2.79. The summed E-state index contributed by atoms with van der Waals surface area (Å²) in [5.74, 6) is 0. The summed E-state index contributed by atoms with van der Waals surface area (Å²) in [6, 6.07) is 1.17. The first-order valence-corrected chi connectivity index (χ1v) is 6.60. The maximum absolute atomic E-state index is 11.9. The van der Waals surface area contributed by atoms with Crippen molar-refractivity contribution in [1.29, 1.82) is 0 Å². The van der Waals surface area contributed by atoms with Crippen LogP contribution in [0.4, 0.5) is 13.2 Å². The molecule has 0 spiro atoms. The highest BCUT2D eigenvalue weighted by Crippen LogP contribution is 2.28. The first kappa shape index (κ1) is 13.1. The number of rotatable bonds is 5. The predicted octanol–water partition coefficient (Wildman–Crippen LogP) is 2.55. The number of nitrogens with one attached hydrogen (secondary N) is 1. The van der Waals surface area contributed by atoms with E-state index in [9.17, 15) is 13.2 Å². The molecule has 2 heterocycles. The molecule has 2 saturated heterocycles. The van der Waals surface area contributed by atoms with Gasteiger partial charge in [-0.3, -0.25) is 4.90 Å². The van der Waals surface area contributed by atoms with Gasteiger partial charge in [-0.2, -0.15) is 13.2 Å². The lowest BCUT2D eigenvalue weighted by Gasteiger charge is -2.21. The Morgan fingerprint density at radius 2 is 1.94 bits per heavy atom. The Hall–Kier alpha value is -0.290. The second-order valence-electron chi connectivity index (χ2n) is 5.17. The second-order valence-corrected chi connectivity index (χ2v) is 5.17. The summed E-state index contributed by atoms with van der Waals surface area (Å²) in [6.45, 7) is 3.09. The number of halogens is 3. The van der Waals surface area contributed by atoms with E-state index in [0.717, 1.165) is 19.5 Å². The van der Waals surface area contributed by atoms with Crippen LogP contribution >= 0.6 is 0 Å². The molecule has 1 N–H and O–H groups in total. The lowest BCUT2D eigenvalue weighted by Crippen LogP contribution is -2.39. The van der Waals surface area contributed by atoms with Crippen LogP contribution in [0, 0.1) is 0 Å². The number of hydrogen-bond acceptors (Lipinski definition) is 2. The Morgan fingerprint density at radius 1 is 1.12 bits per heavy atom. The smallest absolute Gasteiger partial charge is 0.312 e. The van der Waals surface area contributed by atoms with E-state index in [0.29, 0.717) is 18.5 Å². The summed E-state index contributed by atoms with van der Waals surface area (Å²) in [5.41, 5.74) is 0. The van der Waals surface area contributed by atoms with Crippen molar-refractivity contribution >= 4 is 0 Å². The zero-order chi connectivity index (χ0) is 12.3. The van der Waals surface area contributed by atoms with Crippen LogP contribution in [-0.2, 0) is 0 Å². The maximum Gasteiger partial charge on any atom is 0.389 e. The molecule has 0 aromatic heterocycles. The molecule has 2 aliphatic heterocycles. The minimum atomic E-state index is -3.99. The maximum atomic E-state index is 11.9. The van der Waals surface area contributed by atoms with Gasteiger partial charge in [-0.05, 0) is 45.2 Å². The van der Waals surface area contributed by atoms with Gasteiger partial charge in [0.05, 0.1) is 0 Å². The number of fused-ring (bicyclic) bond motifs is 1. The SMILES string of the molecule is FC(F)(F)CCCCNC1CCN2CCCC12. The number of unbranched alkanes of at least 4 members (excludes halogenated alkanes) is 1. The molecular formula is C12H21F3N2. The van der Waals surface area contributed by atoms with Gasteiger partial charge in [0.15, 0.2) is 0 Å². The Morgan fingerprint density at radius 3 is 2.71 bits per heavy atom. The monoisotopic (exact) mass is 250 g/mol. The molecule has 2 atom stereocenters. The molecular weight excluding hydrogens is 229 g/mol. The van der Waals surface area contributed by atoms with Crippen molar-refractivity contribution in [2.75, 3.05) is 19.6 Å². The van der Waals surface area contributed by atoms with Crippen LogP contribution < -0.4 is 5.32 Å². The topological polar surface area (TPSA) is 15.3 Å². The highest BCUT2D eigenvalue weighted by atomic mass is 19.4. The number of hydrogen-bond donors (Lipinski definition) is 1. The van der Waals surface area contributed by atoms with E-state index in [-0.39, 0.29) is 6.42 Å². The van der Waals surface area contributed by atoms with Crippen LogP contribution in [-0.4, -0.2) is 42.8 Å². The van der Waals surface area contributed by atoms with Crippen LogP contribution in [0.3, 0.4) is 0 Å². The largest absolute Gasteiger partial charge is 0.389 e. The molecule has 17 heavy (non-hydrogen) atoms. The van der Waals surface area contributed by atoms with E-state index in [1.807, 2.05) is 0 Å². The van der Waals surface area contributed by atoms with Crippen LogP contribution in [0.1, 0.15) is 38.5 Å². The Labute approximate surface area is 101 Å². The van der Waals surface area contributed by atoms with E-state index in [1.54, 1.807) is 0 Å². The summed E-state index contributed by atoms with van der Waals surface area (Å²) < 4.78 is 35.8. The molecule has 0 aromatic rings. The van der Waals surface area contributed by atoms with Crippen LogP contribution in [0.15, 0.2) is 0 Å². The van der Waals surface area contributed by atoms with Gasteiger partial charge in [0.2, 0.25) is 0 Å². The van der Waals surface area contributed by atoms with E-state index in [2.05, 4.69) is 10.2 Å². The third-order valence-electron chi connectivity index (χ3n) is 3.90. The fourth-order valence-corrected chi connectivity index (χ4v) is 3.06. The lowest BCUT2D eigenvalue weighted by molar-refractivity contribution is -0.135. The van der Waals surface area contributed by atoms with Crippen molar-refractivity contribution in [2.45, 2.75) is 56.8 Å². The highest BCUT2D eigenvalue weighted by Gasteiger charge is 2.36. The van der Waals surface area contributed by atoms with Crippen LogP contribution in [0.5, 0.6) is 0 Å². The van der Waals surface area contributed by atoms with Gasteiger partial charge < -0.3 is 5.32 Å². The molecule has 2 nitrogen and oxygen atoms in total. The quantitative estimate of drug-likeness (QED) is 0.754. The highest BCUT2D eigenvalue weighted by molar-refractivity contribution is 4.95. The minimum absolute atomic E-state index is 0.248. The Kier molecular flexibility index (Phi) is 4.31. The Bertz CT molecular complexity index is 242. The van der Waals surface area contributed by atoms with Gasteiger partial charge in [-0.25, -0.2) is 0 Å². The molecule has 2 fully saturated rings. The summed E-state index contributed by atoms with van der Waals surface area (Å²) in [4.78, 5) is 2.51. The zero-order valence-corrected chi connectivity index (χ0v) is 10.1. The molecule has 2 rings (SSSR count). The molecule has 2 unspecified atom stereocenters. The van der Waals surface area contributed by atoms with Gasteiger partial charge in [0.25, 0.3) is 0 Å². The van der Waals surface area contributed by atoms with Crippen LogP contribution in [0.2, 0.25) is 0 Å². The van der Waals surface area contributed by atoms with Crippen molar-refractivity contribution in [3.8, 4) is 0 Å². The van der Waals surface area contributed by atoms with Crippen LogP contribution in [0.25, 0.3) is 0 Å². The summed E-state index contributed by atoms with van der Waals surface area (Å²) in [7, 11) is 0. The van der Waals surface area contributed by atoms with Crippen molar-refractivity contribution in [3.63, 3.8) is 0 Å². The number of alkyl halides is 3. The zero-order valence-electron chi connectivity index (χ0n) is 10.1. The van der Waals surface area contributed by atoms with E-state index < -0.39 is 12.6 Å².